The maximum atomic E-state index is 12.1. The summed E-state index contributed by atoms with van der Waals surface area (Å²) in [5, 5.41) is 1.37. The summed E-state index contributed by atoms with van der Waals surface area (Å²) in [5.41, 5.74) is 1.19. The summed E-state index contributed by atoms with van der Waals surface area (Å²) in [6.45, 7) is 3.95. The Bertz CT molecular complexity index is 671. The van der Waals surface area contributed by atoms with E-state index in [-0.39, 0.29) is 5.56 Å². The Kier molecular flexibility index (Phi) is 3.19. The SMILES string of the molecule is CCOC(=O)c1ccc2cc(C)n(C)c(=O)c2c1. The molecule has 0 amide bonds. The maximum absolute atomic E-state index is 12.1. The predicted octanol–water partition coefficient (Wildman–Crippen LogP) is 2.02. The molecule has 1 heterocycles. The van der Waals surface area contributed by atoms with Gasteiger partial charge in [0.05, 0.1) is 12.2 Å². The Hall–Kier alpha value is -2.10. The molecule has 0 radical (unpaired) electrons. The molecule has 0 atom stereocenters. The van der Waals surface area contributed by atoms with Gasteiger partial charge >= 0.3 is 5.97 Å². The molecule has 4 nitrogen and oxygen atoms in total. The minimum absolute atomic E-state index is 0.101. The maximum Gasteiger partial charge on any atom is 0.338 e. The molecule has 0 fully saturated rings. The standard InChI is InChI=1S/C14H15NO3/c1-4-18-14(17)11-6-5-10-7-9(2)15(3)13(16)12(10)8-11/h5-8H,4H2,1-3H3. The van der Waals surface area contributed by atoms with Gasteiger partial charge < -0.3 is 9.30 Å². The summed E-state index contributed by atoms with van der Waals surface area (Å²) >= 11 is 0. The van der Waals surface area contributed by atoms with Gasteiger partial charge in [0.1, 0.15) is 0 Å². The van der Waals surface area contributed by atoms with Crippen LogP contribution in [-0.2, 0) is 11.8 Å². The van der Waals surface area contributed by atoms with Gasteiger partial charge in [0, 0.05) is 18.1 Å². The topological polar surface area (TPSA) is 48.3 Å². The molecule has 0 saturated carbocycles. The van der Waals surface area contributed by atoms with E-state index < -0.39 is 5.97 Å². The fourth-order valence-corrected chi connectivity index (χ4v) is 1.87. The van der Waals surface area contributed by atoms with Gasteiger partial charge in [-0.3, -0.25) is 4.79 Å². The van der Waals surface area contributed by atoms with Crippen molar-refractivity contribution < 1.29 is 9.53 Å². The summed E-state index contributed by atoms with van der Waals surface area (Å²) in [7, 11) is 1.72. The second-order valence-electron chi connectivity index (χ2n) is 4.17. The van der Waals surface area contributed by atoms with Crippen LogP contribution in [0.5, 0.6) is 0 Å². The van der Waals surface area contributed by atoms with Gasteiger partial charge in [-0.2, -0.15) is 0 Å². The molecule has 18 heavy (non-hydrogen) atoms. The molecule has 1 aromatic heterocycles. The highest BCUT2D eigenvalue weighted by Crippen LogP contribution is 2.14. The number of nitrogens with zero attached hydrogens (tertiary/aromatic N) is 1. The molecule has 1 aromatic carbocycles. The Balaban J connectivity index is 2.65. The number of hydrogen-bond acceptors (Lipinski definition) is 3. The number of aromatic nitrogens is 1. The van der Waals surface area contributed by atoms with E-state index in [1.807, 2.05) is 13.0 Å². The Morgan fingerprint density at radius 3 is 2.72 bits per heavy atom. The average Bonchev–Trinajstić information content (AvgIpc) is 2.36. The zero-order valence-corrected chi connectivity index (χ0v) is 10.7. The van der Waals surface area contributed by atoms with Crippen LogP contribution in [0.25, 0.3) is 10.8 Å². The average molecular weight is 245 g/mol. The third-order valence-corrected chi connectivity index (χ3v) is 2.99. The summed E-state index contributed by atoms with van der Waals surface area (Å²) in [5.74, 6) is -0.401. The van der Waals surface area contributed by atoms with Gasteiger partial charge in [-0.05, 0) is 37.4 Å². The van der Waals surface area contributed by atoms with Crippen LogP contribution in [0.1, 0.15) is 23.0 Å². The predicted molar refractivity (Wildman–Crippen MR) is 69.9 cm³/mol. The van der Waals surface area contributed by atoms with Gasteiger partial charge in [-0.25, -0.2) is 4.79 Å². The van der Waals surface area contributed by atoms with Crippen LogP contribution in [0, 0.1) is 6.92 Å². The summed E-state index contributed by atoms with van der Waals surface area (Å²) in [6.07, 6.45) is 0. The molecule has 2 aromatic rings. The van der Waals surface area contributed by atoms with E-state index in [2.05, 4.69) is 0 Å². The third-order valence-electron chi connectivity index (χ3n) is 2.99. The highest BCUT2D eigenvalue weighted by molar-refractivity contribution is 5.95. The van der Waals surface area contributed by atoms with E-state index in [0.717, 1.165) is 11.1 Å². The number of carbonyl (C=O) groups is 1. The van der Waals surface area contributed by atoms with Crippen LogP contribution >= 0.6 is 0 Å². The van der Waals surface area contributed by atoms with Gasteiger partial charge in [-0.1, -0.05) is 6.07 Å². The molecule has 2 rings (SSSR count). The molecular weight excluding hydrogens is 230 g/mol. The first-order valence-electron chi connectivity index (χ1n) is 5.82. The Morgan fingerprint density at radius 2 is 2.06 bits per heavy atom. The van der Waals surface area contributed by atoms with Crippen LogP contribution < -0.4 is 5.56 Å². The van der Waals surface area contributed by atoms with E-state index in [1.165, 1.54) is 0 Å². The van der Waals surface area contributed by atoms with Crippen molar-refractivity contribution >= 4 is 16.7 Å². The lowest BCUT2D eigenvalue weighted by atomic mass is 10.1. The van der Waals surface area contributed by atoms with E-state index in [4.69, 9.17) is 4.74 Å². The highest BCUT2D eigenvalue weighted by atomic mass is 16.5. The smallest absolute Gasteiger partial charge is 0.338 e. The van der Waals surface area contributed by atoms with Gasteiger partial charge in [0.25, 0.3) is 5.56 Å². The number of hydrogen-bond donors (Lipinski definition) is 0. The van der Waals surface area contributed by atoms with Crippen LogP contribution in [0.2, 0.25) is 0 Å². The molecule has 94 valence electrons. The minimum Gasteiger partial charge on any atom is -0.462 e. The number of pyridine rings is 1. The van der Waals surface area contributed by atoms with Gasteiger partial charge in [0.2, 0.25) is 0 Å². The van der Waals surface area contributed by atoms with Crippen molar-refractivity contribution in [3.63, 3.8) is 0 Å². The van der Waals surface area contributed by atoms with Crippen LogP contribution in [0.4, 0.5) is 0 Å². The Morgan fingerprint density at radius 1 is 1.33 bits per heavy atom. The molecule has 4 heteroatoms. The number of aryl methyl sites for hydroxylation is 1. The van der Waals surface area contributed by atoms with Crippen molar-refractivity contribution in [3.8, 4) is 0 Å². The summed E-state index contributed by atoms with van der Waals surface area (Å²) < 4.78 is 6.49. The number of fused-ring (bicyclic) bond motifs is 1. The van der Waals surface area contributed by atoms with E-state index in [0.29, 0.717) is 17.6 Å². The molecule has 0 aliphatic heterocycles. The van der Waals surface area contributed by atoms with Crippen molar-refractivity contribution in [1.29, 1.82) is 0 Å². The highest BCUT2D eigenvalue weighted by Gasteiger charge is 2.10. The molecule has 0 unspecified atom stereocenters. The quantitative estimate of drug-likeness (QED) is 0.760. The number of carbonyl (C=O) groups excluding carboxylic acids is 1. The second kappa shape index (κ2) is 4.64. The second-order valence-corrected chi connectivity index (χ2v) is 4.17. The van der Waals surface area contributed by atoms with Crippen LogP contribution in [0.15, 0.2) is 29.1 Å². The van der Waals surface area contributed by atoms with Crippen molar-refractivity contribution in [2.75, 3.05) is 6.61 Å². The lowest BCUT2D eigenvalue weighted by Crippen LogP contribution is -2.19. The van der Waals surface area contributed by atoms with Crippen LogP contribution in [-0.4, -0.2) is 17.1 Å². The molecule has 0 saturated heterocycles. The molecular formula is C14H15NO3. The number of ether oxygens (including phenoxy) is 1. The minimum atomic E-state index is -0.401. The third kappa shape index (κ3) is 2.01. The molecule has 0 aliphatic rings. The summed E-state index contributed by atoms with van der Waals surface area (Å²) in [4.78, 5) is 23.7. The van der Waals surface area contributed by atoms with E-state index in [1.54, 1.807) is 36.7 Å². The Labute approximate surface area is 105 Å². The normalized spacial score (nSPS) is 10.6. The molecule has 0 spiro atoms. The fourth-order valence-electron chi connectivity index (χ4n) is 1.87. The monoisotopic (exact) mass is 245 g/mol. The van der Waals surface area contributed by atoms with Crippen molar-refractivity contribution in [2.24, 2.45) is 7.05 Å². The number of benzene rings is 1. The van der Waals surface area contributed by atoms with Crippen molar-refractivity contribution in [2.45, 2.75) is 13.8 Å². The first kappa shape index (κ1) is 12.4. The van der Waals surface area contributed by atoms with Crippen molar-refractivity contribution in [1.82, 2.24) is 4.57 Å². The van der Waals surface area contributed by atoms with Gasteiger partial charge in [0.15, 0.2) is 0 Å². The molecule has 0 N–H and O–H groups in total. The molecule has 0 aliphatic carbocycles. The fraction of sp³-hybridized carbons (Fsp3) is 0.286. The first-order chi connectivity index (χ1) is 8.54. The van der Waals surface area contributed by atoms with Crippen molar-refractivity contribution in [3.05, 3.63) is 45.9 Å². The lowest BCUT2D eigenvalue weighted by Gasteiger charge is -2.07. The van der Waals surface area contributed by atoms with Gasteiger partial charge in [-0.15, -0.1) is 0 Å². The lowest BCUT2D eigenvalue weighted by molar-refractivity contribution is 0.0526. The zero-order valence-electron chi connectivity index (χ0n) is 10.7. The summed E-state index contributed by atoms with van der Waals surface area (Å²) in [6, 6.07) is 6.97. The van der Waals surface area contributed by atoms with E-state index >= 15 is 0 Å². The van der Waals surface area contributed by atoms with E-state index in [9.17, 15) is 9.59 Å². The van der Waals surface area contributed by atoms with Crippen LogP contribution in [0.3, 0.4) is 0 Å². The zero-order chi connectivity index (χ0) is 13.3. The molecule has 0 bridgehead atoms. The number of esters is 1. The first-order valence-corrected chi connectivity index (χ1v) is 5.82. The number of rotatable bonds is 2. The largest absolute Gasteiger partial charge is 0.462 e.